The number of hydrogen-bond acceptors (Lipinski definition) is 3. The number of allylic oxidation sites excluding steroid dienone is 1. The van der Waals surface area contributed by atoms with E-state index in [4.69, 9.17) is 11.5 Å². The van der Waals surface area contributed by atoms with Crippen molar-refractivity contribution in [1.29, 1.82) is 0 Å². The van der Waals surface area contributed by atoms with Crippen molar-refractivity contribution in [1.82, 2.24) is 0 Å². The van der Waals surface area contributed by atoms with Crippen molar-refractivity contribution in [2.45, 2.75) is 0 Å². The second-order valence-corrected chi connectivity index (χ2v) is 1.65. The zero-order chi connectivity index (χ0) is 8.15. The van der Waals surface area contributed by atoms with Crippen molar-refractivity contribution in [3.63, 3.8) is 0 Å². The van der Waals surface area contributed by atoms with Gasteiger partial charge in [-0.25, -0.2) is 0 Å². The molecule has 0 heterocycles. The average Bonchev–Trinajstić information content (AvgIpc) is 1.87. The van der Waals surface area contributed by atoms with Crippen LogP contribution in [0.15, 0.2) is 23.9 Å². The molecule has 0 rings (SSSR count). The maximum atomic E-state index is 10.3. The zero-order valence-corrected chi connectivity index (χ0v) is 5.33. The van der Waals surface area contributed by atoms with Crippen LogP contribution in [0.2, 0.25) is 0 Å². The van der Waals surface area contributed by atoms with Crippen LogP contribution in [0.3, 0.4) is 0 Å². The molecule has 0 fully saturated rings. The Morgan fingerprint density at radius 1 is 1.40 bits per heavy atom. The molecule has 0 unspecified atom stereocenters. The van der Waals surface area contributed by atoms with Crippen LogP contribution in [-0.4, -0.2) is 12.2 Å². The van der Waals surface area contributed by atoms with Gasteiger partial charge in [-0.05, 0) is 6.08 Å². The van der Waals surface area contributed by atoms with Crippen molar-refractivity contribution in [3.8, 4) is 0 Å². The normalized spacial score (nSPS) is 10.6. The minimum absolute atomic E-state index is 0.0181. The zero-order valence-electron chi connectivity index (χ0n) is 5.33. The Kier molecular flexibility index (Phi) is 2.90. The quantitative estimate of drug-likeness (QED) is 0.301. The van der Waals surface area contributed by atoms with E-state index in [-0.39, 0.29) is 11.3 Å². The van der Waals surface area contributed by atoms with Gasteiger partial charge in [-0.15, -0.1) is 0 Å². The molecule has 4 heteroatoms. The van der Waals surface area contributed by atoms with Crippen LogP contribution < -0.4 is 11.5 Å². The highest BCUT2D eigenvalue weighted by atomic mass is 16.1. The number of primary amides is 1. The molecule has 0 bridgehead atoms. The summed E-state index contributed by atoms with van der Waals surface area (Å²) in [5, 5.41) is 0. The fourth-order valence-electron chi connectivity index (χ4n) is 0.306. The number of hydrogen-bond donors (Lipinski definition) is 2. The molecule has 4 nitrogen and oxygen atoms in total. The molecule has 0 spiro atoms. The maximum absolute atomic E-state index is 10.3. The van der Waals surface area contributed by atoms with E-state index < -0.39 is 5.91 Å². The van der Waals surface area contributed by atoms with Gasteiger partial charge in [0.1, 0.15) is 0 Å². The van der Waals surface area contributed by atoms with Crippen molar-refractivity contribution < 1.29 is 9.59 Å². The van der Waals surface area contributed by atoms with Gasteiger partial charge < -0.3 is 11.5 Å². The summed E-state index contributed by atoms with van der Waals surface area (Å²) in [6.07, 6.45) is 1.53. The summed E-state index contributed by atoms with van der Waals surface area (Å²) < 4.78 is 0. The van der Waals surface area contributed by atoms with Gasteiger partial charge in [0, 0.05) is 5.57 Å². The van der Waals surface area contributed by atoms with Crippen LogP contribution in [0.5, 0.6) is 0 Å². The Morgan fingerprint density at radius 3 is 2.20 bits per heavy atom. The first-order valence-electron chi connectivity index (χ1n) is 2.49. The van der Waals surface area contributed by atoms with E-state index in [0.717, 1.165) is 6.08 Å². The lowest BCUT2D eigenvalue weighted by molar-refractivity contribution is -0.114. The first kappa shape index (κ1) is 8.42. The van der Waals surface area contributed by atoms with E-state index in [2.05, 4.69) is 6.58 Å². The van der Waals surface area contributed by atoms with Gasteiger partial charge in [0.25, 0.3) is 0 Å². The Labute approximate surface area is 58.2 Å². The largest absolute Gasteiger partial charge is 0.396 e. The Morgan fingerprint density at radius 2 is 1.90 bits per heavy atom. The first-order valence-corrected chi connectivity index (χ1v) is 2.49. The maximum Gasteiger partial charge on any atom is 0.248 e. The Bertz CT molecular complexity index is 206. The summed E-state index contributed by atoms with van der Waals surface area (Å²) in [6.45, 7) is 3.25. The van der Waals surface area contributed by atoms with Gasteiger partial charge >= 0.3 is 0 Å². The standard InChI is InChI=1S/C6H8N2O2/c1-4(6(8)10)2-5(7)3-9/h2-3H,1,7H2,(H2,8,10). The molecule has 10 heavy (non-hydrogen) atoms. The Balaban J connectivity index is 4.27. The highest BCUT2D eigenvalue weighted by Gasteiger charge is 1.96. The third-order valence-electron chi connectivity index (χ3n) is 0.793. The number of aldehydes is 1. The molecule has 0 aromatic rings. The van der Waals surface area contributed by atoms with E-state index in [1.807, 2.05) is 0 Å². The summed E-state index contributed by atoms with van der Waals surface area (Å²) >= 11 is 0. The number of carbonyl (C=O) groups excluding carboxylic acids is 2. The van der Waals surface area contributed by atoms with E-state index in [1.165, 1.54) is 0 Å². The second kappa shape index (κ2) is 3.45. The SMILES string of the molecule is C=C(C=C(N)C=O)C(N)=O. The van der Waals surface area contributed by atoms with Crippen LogP contribution in [0.25, 0.3) is 0 Å². The molecule has 0 aromatic heterocycles. The van der Waals surface area contributed by atoms with Crippen molar-refractivity contribution >= 4 is 12.2 Å². The fourth-order valence-corrected chi connectivity index (χ4v) is 0.306. The van der Waals surface area contributed by atoms with Crippen LogP contribution in [0.4, 0.5) is 0 Å². The molecule has 0 aliphatic rings. The molecular formula is C6H8N2O2. The monoisotopic (exact) mass is 140 g/mol. The highest BCUT2D eigenvalue weighted by Crippen LogP contribution is 1.91. The molecule has 1 amide bonds. The van der Waals surface area contributed by atoms with Crippen LogP contribution >= 0.6 is 0 Å². The third-order valence-corrected chi connectivity index (χ3v) is 0.793. The lowest BCUT2D eigenvalue weighted by Crippen LogP contribution is -2.13. The number of nitrogens with two attached hydrogens (primary N) is 2. The van der Waals surface area contributed by atoms with Gasteiger partial charge in [-0.3, -0.25) is 9.59 Å². The van der Waals surface area contributed by atoms with Crippen LogP contribution in [-0.2, 0) is 9.59 Å². The van der Waals surface area contributed by atoms with E-state index in [0.29, 0.717) is 6.29 Å². The van der Waals surface area contributed by atoms with E-state index >= 15 is 0 Å². The van der Waals surface area contributed by atoms with Gasteiger partial charge in [0.05, 0.1) is 5.70 Å². The minimum atomic E-state index is -0.690. The molecule has 0 radical (unpaired) electrons. The number of amides is 1. The molecule has 0 aliphatic carbocycles. The summed E-state index contributed by atoms with van der Waals surface area (Å²) in [5.41, 5.74) is 9.77. The predicted octanol–water partition coefficient (Wildman–Crippen LogP) is -0.931. The summed E-state index contributed by atoms with van der Waals surface area (Å²) in [6, 6.07) is 0. The highest BCUT2D eigenvalue weighted by molar-refractivity contribution is 5.95. The van der Waals surface area contributed by atoms with Crippen molar-refractivity contribution in [3.05, 3.63) is 23.9 Å². The minimum Gasteiger partial charge on any atom is -0.396 e. The molecule has 0 saturated heterocycles. The lowest BCUT2D eigenvalue weighted by atomic mass is 10.2. The topological polar surface area (TPSA) is 86.2 Å². The van der Waals surface area contributed by atoms with Gasteiger partial charge in [-0.2, -0.15) is 0 Å². The number of carbonyl (C=O) groups is 2. The first-order chi connectivity index (χ1) is 4.57. The Hall–Kier alpha value is -1.58. The smallest absolute Gasteiger partial charge is 0.248 e. The van der Waals surface area contributed by atoms with E-state index in [9.17, 15) is 9.59 Å². The summed E-state index contributed by atoms with van der Waals surface area (Å²) in [7, 11) is 0. The van der Waals surface area contributed by atoms with Gasteiger partial charge in [0.2, 0.25) is 5.91 Å². The van der Waals surface area contributed by atoms with Crippen molar-refractivity contribution in [2.75, 3.05) is 0 Å². The van der Waals surface area contributed by atoms with Crippen LogP contribution in [0, 0.1) is 0 Å². The average molecular weight is 140 g/mol. The fraction of sp³-hybridized carbons (Fsp3) is 0. The van der Waals surface area contributed by atoms with Crippen LogP contribution in [0.1, 0.15) is 0 Å². The van der Waals surface area contributed by atoms with E-state index in [1.54, 1.807) is 0 Å². The molecule has 4 N–H and O–H groups in total. The molecular weight excluding hydrogens is 132 g/mol. The second-order valence-electron chi connectivity index (χ2n) is 1.65. The third kappa shape index (κ3) is 2.66. The molecule has 0 atom stereocenters. The molecule has 0 saturated carbocycles. The van der Waals surface area contributed by atoms with Gasteiger partial charge in [-0.1, -0.05) is 6.58 Å². The molecule has 0 aromatic carbocycles. The van der Waals surface area contributed by atoms with Crippen molar-refractivity contribution in [2.24, 2.45) is 11.5 Å². The lowest BCUT2D eigenvalue weighted by Gasteiger charge is -1.90. The molecule has 54 valence electrons. The number of rotatable bonds is 3. The van der Waals surface area contributed by atoms with Gasteiger partial charge in [0.15, 0.2) is 6.29 Å². The summed E-state index contributed by atoms with van der Waals surface area (Å²) in [4.78, 5) is 20.1. The summed E-state index contributed by atoms with van der Waals surface area (Å²) in [5.74, 6) is -0.690. The molecule has 0 aliphatic heterocycles. The predicted molar refractivity (Wildman–Crippen MR) is 36.7 cm³/mol.